The lowest BCUT2D eigenvalue weighted by Gasteiger charge is -2.29. The van der Waals surface area contributed by atoms with Crippen LogP contribution in [0.15, 0.2) is 53.4 Å². The molecule has 0 aliphatic rings. The summed E-state index contributed by atoms with van der Waals surface area (Å²) in [7, 11) is -4.07. The Labute approximate surface area is 179 Å². The average Bonchev–Trinajstić information content (AvgIpc) is 2.72. The van der Waals surface area contributed by atoms with E-state index in [0.29, 0.717) is 13.0 Å². The zero-order chi connectivity index (χ0) is 22.1. The van der Waals surface area contributed by atoms with Crippen molar-refractivity contribution in [3.05, 3.63) is 59.9 Å². The maximum Gasteiger partial charge on any atom is 0.339 e. The smallest absolute Gasteiger partial charge is 0.339 e. The van der Waals surface area contributed by atoms with Crippen molar-refractivity contribution in [2.75, 3.05) is 0 Å². The molecule has 30 heavy (non-hydrogen) atoms. The summed E-state index contributed by atoms with van der Waals surface area (Å²) in [6.07, 6.45) is 4.27. The SMILES string of the molecule is CCCCCC(=O)N(Cc1cccc(OS(=O)(=O)c2ccc(F)cc2)c1)C(C)CC. The third-order valence-electron chi connectivity index (χ3n) is 5.00. The van der Waals surface area contributed by atoms with E-state index in [-0.39, 0.29) is 22.6 Å². The maximum absolute atomic E-state index is 13.1. The van der Waals surface area contributed by atoms with Crippen molar-refractivity contribution in [3.8, 4) is 5.75 Å². The first-order valence-corrected chi connectivity index (χ1v) is 11.8. The second-order valence-corrected chi connectivity index (χ2v) is 8.92. The summed E-state index contributed by atoms with van der Waals surface area (Å²) in [6, 6.07) is 11.2. The number of nitrogens with zero attached hydrogens (tertiary/aromatic N) is 1. The van der Waals surface area contributed by atoms with Gasteiger partial charge in [-0.25, -0.2) is 4.39 Å². The molecule has 0 spiro atoms. The molecular weight excluding hydrogens is 405 g/mol. The second kappa shape index (κ2) is 11.1. The summed E-state index contributed by atoms with van der Waals surface area (Å²) in [6.45, 7) is 6.53. The van der Waals surface area contributed by atoms with Crippen LogP contribution < -0.4 is 4.18 Å². The quantitative estimate of drug-likeness (QED) is 0.355. The number of hydrogen-bond acceptors (Lipinski definition) is 4. The highest BCUT2D eigenvalue weighted by Gasteiger charge is 2.20. The molecule has 0 heterocycles. The van der Waals surface area contributed by atoms with Crippen LogP contribution in [0.4, 0.5) is 4.39 Å². The number of carbonyl (C=O) groups is 1. The summed E-state index contributed by atoms with van der Waals surface area (Å²) in [5.74, 6) is -0.271. The van der Waals surface area contributed by atoms with E-state index in [1.165, 1.54) is 0 Å². The molecule has 0 saturated carbocycles. The predicted octanol–water partition coefficient (Wildman–Crippen LogP) is 5.30. The maximum atomic E-state index is 13.1. The molecule has 1 atom stereocenters. The molecule has 1 amide bonds. The molecule has 0 bridgehead atoms. The van der Waals surface area contributed by atoms with E-state index in [1.54, 1.807) is 18.2 Å². The first-order valence-electron chi connectivity index (χ1n) is 10.3. The molecular formula is C23H30FNO4S. The van der Waals surface area contributed by atoms with Gasteiger partial charge in [0.2, 0.25) is 5.91 Å². The van der Waals surface area contributed by atoms with Gasteiger partial charge in [-0.2, -0.15) is 8.42 Å². The van der Waals surface area contributed by atoms with Crippen LogP contribution in [0.5, 0.6) is 5.75 Å². The Kier molecular flexibility index (Phi) is 8.84. The summed E-state index contributed by atoms with van der Waals surface area (Å²) in [4.78, 5) is 14.4. The molecule has 0 N–H and O–H groups in total. The van der Waals surface area contributed by atoms with Crippen molar-refractivity contribution in [1.29, 1.82) is 0 Å². The van der Waals surface area contributed by atoms with Crippen molar-refractivity contribution in [1.82, 2.24) is 4.90 Å². The van der Waals surface area contributed by atoms with E-state index in [4.69, 9.17) is 4.18 Å². The third-order valence-corrected chi connectivity index (χ3v) is 6.26. The van der Waals surface area contributed by atoms with Gasteiger partial charge in [0.05, 0.1) is 0 Å². The minimum absolute atomic E-state index is 0.0756. The van der Waals surface area contributed by atoms with Crippen LogP contribution in [-0.2, 0) is 21.5 Å². The first kappa shape index (κ1) is 23.9. The van der Waals surface area contributed by atoms with Crippen molar-refractivity contribution in [2.24, 2.45) is 0 Å². The largest absolute Gasteiger partial charge is 0.379 e. The highest BCUT2D eigenvalue weighted by Crippen LogP contribution is 2.22. The second-order valence-electron chi connectivity index (χ2n) is 7.37. The minimum atomic E-state index is -4.07. The Morgan fingerprint density at radius 1 is 1.10 bits per heavy atom. The van der Waals surface area contributed by atoms with E-state index in [0.717, 1.165) is 55.5 Å². The van der Waals surface area contributed by atoms with Crippen LogP contribution in [0.25, 0.3) is 0 Å². The molecule has 7 heteroatoms. The highest BCUT2D eigenvalue weighted by molar-refractivity contribution is 7.87. The Balaban J connectivity index is 2.15. The van der Waals surface area contributed by atoms with Gasteiger partial charge in [0, 0.05) is 19.0 Å². The van der Waals surface area contributed by atoms with E-state index in [9.17, 15) is 17.6 Å². The van der Waals surface area contributed by atoms with E-state index >= 15 is 0 Å². The Hall–Kier alpha value is -2.41. The van der Waals surface area contributed by atoms with Gasteiger partial charge in [-0.15, -0.1) is 0 Å². The first-order chi connectivity index (χ1) is 14.3. The van der Waals surface area contributed by atoms with Crippen molar-refractivity contribution < 1.29 is 21.8 Å². The molecule has 0 aromatic heterocycles. The Bertz CT molecular complexity index is 928. The molecule has 0 fully saturated rings. The standard InChI is InChI=1S/C23H30FNO4S/c1-4-6-7-11-23(26)25(18(3)5-2)17-19-9-8-10-21(16-19)29-30(27,28)22-14-12-20(24)13-15-22/h8-10,12-16,18H,4-7,11,17H2,1-3H3. The predicted molar refractivity (Wildman–Crippen MR) is 115 cm³/mol. The topological polar surface area (TPSA) is 63.7 Å². The molecule has 0 aliphatic heterocycles. The molecule has 5 nitrogen and oxygen atoms in total. The molecule has 2 rings (SSSR count). The number of benzene rings is 2. The van der Waals surface area contributed by atoms with E-state index in [1.807, 2.05) is 24.8 Å². The number of rotatable bonds is 11. The molecule has 0 aliphatic carbocycles. The number of halogens is 1. The van der Waals surface area contributed by atoms with Gasteiger partial charge < -0.3 is 9.08 Å². The zero-order valence-electron chi connectivity index (χ0n) is 17.8. The number of amides is 1. The summed E-state index contributed by atoms with van der Waals surface area (Å²) < 4.78 is 43.2. The lowest BCUT2D eigenvalue weighted by Crippen LogP contribution is -2.37. The van der Waals surface area contributed by atoms with Gasteiger partial charge in [0.25, 0.3) is 0 Å². The Morgan fingerprint density at radius 3 is 2.43 bits per heavy atom. The lowest BCUT2D eigenvalue weighted by molar-refractivity contribution is -0.134. The van der Waals surface area contributed by atoms with Gasteiger partial charge in [-0.3, -0.25) is 4.79 Å². The van der Waals surface area contributed by atoms with Crippen LogP contribution >= 0.6 is 0 Å². The van der Waals surface area contributed by atoms with Crippen LogP contribution in [-0.4, -0.2) is 25.3 Å². The van der Waals surface area contributed by atoms with Crippen molar-refractivity contribution in [2.45, 2.75) is 70.4 Å². The molecule has 0 saturated heterocycles. The average molecular weight is 436 g/mol. The summed E-state index contributed by atoms with van der Waals surface area (Å²) in [5.41, 5.74) is 0.783. The van der Waals surface area contributed by atoms with Crippen LogP contribution in [0, 0.1) is 5.82 Å². The van der Waals surface area contributed by atoms with Crippen molar-refractivity contribution in [3.63, 3.8) is 0 Å². The number of unbranched alkanes of at least 4 members (excludes halogenated alkanes) is 2. The van der Waals surface area contributed by atoms with Crippen LogP contribution in [0.3, 0.4) is 0 Å². The van der Waals surface area contributed by atoms with E-state index < -0.39 is 15.9 Å². The van der Waals surface area contributed by atoms with Gasteiger partial charge in [-0.1, -0.05) is 38.8 Å². The van der Waals surface area contributed by atoms with Crippen molar-refractivity contribution >= 4 is 16.0 Å². The number of hydrogen-bond donors (Lipinski definition) is 0. The fraction of sp³-hybridized carbons (Fsp3) is 0.435. The summed E-state index contributed by atoms with van der Waals surface area (Å²) in [5, 5.41) is 0. The van der Waals surface area contributed by atoms with E-state index in [2.05, 4.69) is 6.92 Å². The number of carbonyl (C=O) groups excluding carboxylic acids is 1. The normalized spacial score (nSPS) is 12.4. The summed E-state index contributed by atoms with van der Waals surface area (Å²) >= 11 is 0. The molecule has 164 valence electrons. The molecule has 0 radical (unpaired) electrons. The van der Waals surface area contributed by atoms with Crippen LogP contribution in [0.1, 0.15) is 58.4 Å². The fourth-order valence-electron chi connectivity index (χ4n) is 3.05. The monoisotopic (exact) mass is 435 g/mol. The fourth-order valence-corrected chi connectivity index (χ4v) is 3.97. The van der Waals surface area contributed by atoms with Gasteiger partial charge in [-0.05, 0) is 61.7 Å². The Morgan fingerprint density at radius 2 is 1.80 bits per heavy atom. The lowest BCUT2D eigenvalue weighted by atomic mass is 10.1. The zero-order valence-corrected chi connectivity index (χ0v) is 18.6. The van der Waals surface area contributed by atoms with Gasteiger partial charge in [0.1, 0.15) is 16.5 Å². The molecule has 2 aromatic carbocycles. The van der Waals surface area contributed by atoms with Gasteiger partial charge >= 0.3 is 10.1 Å². The highest BCUT2D eigenvalue weighted by atomic mass is 32.2. The molecule has 1 unspecified atom stereocenters. The minimum Gasteiger partial charge on any atom is -0.379 e. The molecule has 2 aromatic rings. The van der Waals surface area contributed by atoms with Crippen LogP contribution in [0.2, 0.25) is 0 Å². The third kappa shape index (κ3) is 6.83. The van der Waals surface area contributed by atoms with Gasteiger partial charge in [0.15, 0.2) is 0 Å².